The van der Waals surface area contributed by atoms with Crippen LogP contribution in [0.25, 0.3) is 0 Å². The van der Waals surface area contributed by atoms with Crippen LogP contribution in [0.4, 0.5) is 5.82 Å². The number of carbonyl (C=O) groups excluding carboxylic acids is 1. The first kappa shape index (κ1) is 12.2. The van der Waals surface area contributed by atoms with Gasteiger partial charge in [-0.1, -0.05) is 35.8 Å². The Morgan fingerprint density at radius 1 is 1.53 bits per heavy atom. The first-order valence-corrected chi connectivity index (χ1v) is 5.98. The molecule has 0 aliphatic carbocycles. The fourth-order valence-corrected chi connectivity index (χ4v) is 1.54. The number of alkyl halides is 1. The van der Waals surface area contributed by atoms with Crippen LogP contribution in [0.15, 0.2) is 18.2 Å². The summed E-state index contributed by atoms with van der Waals surface area (Å²) >= 11 is 3.34. The molecule has 0 radical (unpaired) electrons. The van der Waals surface area contributed by atoms with E-state index in [4.69, 9.17) is 0 Å². The van der Waals surface area contributed by atoms with Gasteiger partial charge in [0.25, 0.3) is 0 Å². The Labute approximate surface area is 98.6 Å². The largest absolute Gasteiger partial charge is 0.300 e. The van der Waals surface area contributed by atoms with Crippen molar-refractivity contribution in [2.75, 3.05) is 11.9 Å². The van der Waals surface area contributed by atoms with E-state index in [0.717, 1.165) is 5.69 Å². The molecule has 0 aromatic carbocycles. The molecule has 1 rings (SSSR count). The minimum atomic E-state index is -0.00979. The quantitative estimate of drug-likeness (QED) is 0.792. The van der Waals surface area contributed by atoms with Gasteiger partial charge in [-0.2, -0.15) is 0 Å². The number of rotatable bonds is 3. The van der Waals surface area contributed by atoms with Gasteiger partial charge in [0, 0.05) is 18.3 Å². The van der Waals surface area contributed by atoms with Gasteiger partial charge in [-0.05, 0) is 12.1 Å². The van der Waals surface area contributed by atoms with Crippen LogP contribution >= 0.6 is 15.9 Å². The van der Waals surface area contributed by atoms with Crippen LogP contribution in [0.1, 0.15) is 19.5 Å². The van der Waals surface area contributed by atoms with Crippen LogP contribution in [-0.4, -0.2) is 17.9 Å². The first-order valence-electron chi connectivity index (χ1n) is 4.85. The predicted octanol–water partition coefficient (Wildman–Crippen LogP) is 2.60. The first-order chi connectivity index (χ1) is 7.06. The summed E-state index contributed by atoms with van der Waals surface area (Å²) in [6.45, 7) is 3.76. The highest BCUT2D eigenvalue weighted by atomic mass is 79.9. The second-order valence-electron chi connectivity index (χ2n) is 3.67. The van der Waals surface area contributed by atoms with Crippen molar-refractivity contribution in [2.45, 2.75) is 19.2 Å². The van der Waals surface area contributed by atoms with Crippen LogP contribution in [0.3, 0.4) is 0 Å². The third-order valence-electron chi connectivity index (χ3n) is 2.10. The molecule has 0 saturated carbocycles. The highest BCUT2D eigenvalue weighted by Gasteiger charge is 2.15. The van der Waals surface area contributed by atoms with E-state index in [1.54, 1.807) is 11.9 Å². The molecule has 0 bridgehead atoms. The Kier molecular flexibility index (Phi) is 4.27. The van der Waals surface area contributed by atoms with Gasteiger partial charge in [-0.3, -0.25) is 9.69 Å². The molecule has 82 valence electrons. The van der Waals surface area contributed by atoms with Crippen molar-refractivity contribution in [3.63, 3.8) is 0 Å². The van der Waals surface area contributed by atoms with Crippen molar-refractivity contribution in [1.29, 1.82) is 0 Å². The van der Waals surface area contributed by atoms with E-state index in [0.29, 0.717) is 11.1 Å². The number of pyridine rings is 1. The maximum absolute atomic E-state index is 11.7. The molecule has 0 atom stereocenters. The molecule has 1 aromatic rings. The zero-order valence-electron chi connectivity index (χ0n) is 9.20. The van der Waals surface area contributed by atoms with E-state index in [1.165, 1.54) is 0 Å². The van der Waals surface area contributed by atoms with Gasteiger partial charge in [0.2, 0.25) is 5.91 Å². The van der Waals surface area contributed by atoms with Crippen molar-refractivity contribution in [3.05, 3.63) is 23.9 Å². The Bertz CT molecular complexity index is 352. The van der Waals surface area contributed by atoms with Gasteiger partial charge in [0.1, 0.15) is 5.82 Å². The maximum Gasteiger partial charge on any atom is 0.230 e. The lowest BCUT2D eigenvalue weighted by molar-refractivity contribution is -0.121. The van der Waals surface area contributed by atoms with Crippen molar-refractivity contribution in [3.8, 4) is 0 Å². The molecule has 0 N–H and O–H groups in total. The van der Waals surface area contributed by atoms with E-state index in [1.807, 2.05) is 32.0 Å². The SMILES string of the molecule is CC(C)C(=O)N(C)c1cccc(CBr)n1. The number of hydrogen-bond acceptors (Lipinski definition) is 2. The van der Waals surface area contributed by atoms with Gasteiger partial charge < -0.3 is 0 Å². The second kappa shape index (κ2) is 5.26. The molecule has 0 unspecified atom stereocenters. The van der Waals surface area contributed by atoms with Crippen LogP contribution in [0.2, 0.25) is 0 Å². The molecule has 0 spiro atoms. The number of hydrogen-bond donors (Lipinski definition) is 0. The van der Waals surface area contributed by atoms with Gasteiger partial charge in [-0.25, -0.2) is 4.98 Å². The van der Waals surface area contributed by atoms with Crippen LogP contribution in [0, 0.1) is 5.92 Å². The molecule has 3 nitrogen and oxygen atoms in total. The molecular weight excluding hydrogens is 256 g/mol. The highest BCUT2D eigenvalue weighted by molar-refractivity contribution is 9.08. The molecule has 1 heterocycles. The van der Waals surface area contributed by atoms with Crippen LogP contribution in [0.5, 0.6) is 0 Å². The lowest BCUT2D eigenvalue weighted by Crippen LogP contribution is -2.31. The summed E-state index contributed by atoms with van der Waals surface area (Å²) in [6.07, 6.45) is 0. The van der Waals surface area contributed by atoms with Gasteiger partial charge in [-0.15, -0.1) is 0 Å². The van der Waals surface area contributed by atoms with E-state index in [9.17, 15) is 4.79 Å². The summed E-state index contributed by atoms with van der Waals surface area (Å²) in [6, 6.07) is 5.67. The fraction of sp³-hybridized carbons (Fsp3) is 0.455. The number of aromatic nitrogens is 1. The Morgan fingerprint density at radius 3 is 2.73 bits per heavy atom. The third kappa shape index (κ3) is 3.02. The number of nitrogens with zero attached hydrogens (tertiary/aromatic N) is 2. The summed E-state index contributed by atoms with van der Waals surface area (Å²) in [4.78, 5) is 17.7. The van der Waals surface area contributed by atoms with Crippen molar-refractivity contribution in [1.82, 2.24) is 4.98 Å². The summed E-state index contributed by atoms with van der Waals surface area (Å²) in [5, 5.41) is 0.699. The van der Waals surface area contributed by atoms with E-state index >= 15 is 0 Å². The fourth-order valence-electron chi connectivity index (χ4n) is 1.23. The number of anilines is 1. The average Bonchev–Trinajstić information content (AvgIpc) is 2.27. The number of carbonyl (C=O) groups is 1. The lowest BCUT2D eigenvalue weighted by atomic mass is 10.2. The monoisotopic (exact) mass is 270 g/mol. The molecule has 0 aliphatic rings. The summed E-state index contributed by atoms with van der Waals surface area (Å²) in [5.41, 5.74) is 0.927. The molecule has 0 fully saturated rings. The third-order valence-corrected chi connectivity index (χ3v) is 2.67. The zero-order chi connectivity index (χ0) is 11.4. The predicted molar refractivity (Wildman–Crippen MR) is 65.1 cm³/mol. The highest BCUT2D eigenvalue weighted by Crippen LogP contribution is 2.13. The number of halogens is 1. The molecule has 0 aliphatic heterocycles. The van der Waals surface area contributed by atoms with Crippen LogP contribution in [-0.2, 0) is 10.1 Å². The Hall–Kier alpha value is -0.900. The van der Waals surface area contributed by atoms with E-state index in [-0.39, 0.29) is 11.8 Å². The second-order valence-corrected chi connectivity index (χ2v) is 4.23. The minimum absolute atomic E-state index is 0.00979. The van der Waals surface area contributed by atoms with Crippen molar-refractivity contribution >= 4 is 27.7 Å². The lowest BCUT2D eigenvalue weighted by Gasteiger charge is -2.18. The standard InChI is InChI=1S/C11H15BrN2O/c1-8(2)11(15)14(3)10-6-4-5-9(7-12)13-10/h4-6,8H,7H2,1-3H3. The Balaban J connectivity index is 2.90. The van der Waals surface area contributed by atoms with Crippen LogP contribution < -0.4 is 4.90 Å². The van der Waals surface area contributed by atoms with Crippen molar-refractivity contribution in [2.24, 2.45) is 5.92 Å². The molecule has 1 amide bonds. The smallest absolute Gasteiger partial charge is 0.230 e. The summed E-state index contributed by atoms with van der Waals surface area (Å²) < 4.78 is 0. The molecule has 15 heavy (non-hydrogen) atoms. The minimum Gasteiger partial charge on any atom is -0.300 e. The number of amides is 1. The van der Waals surface area contributed by atoms with E-state index in [2.05, 4.69) is 20.9 Å². The van der Waals surface area contributed by atoms with E-state index < -0.39 is 0 Å². The zero-order valence-corrected chi connectivity index (χ0v) is 10.8. The van der Waals surface area contributed by atoms with Gasteiger partial charge >= 0.3 is 0 Å². The molecule has 4 heteroatoms. The topological polar surface area (TPSA) is 33.2 Å². The molecule has 1 aromatic heterocycles. The maximum atomic E-state index is 11.7. The average molecular weight is 271 g/mol. The molecular formula is C11H15BrN2O. The van der Waals surface area contributed by atoms with Gasteiger partial charge in [0.05, 0.1) is 5.69 Å². The summed E-state index contributed by atoms with van der Waals surface area (Å²) in [5.74, 6) is 0.768. The normalized spacial score (nSPS) is 10.5. The molecule has 0 saturated heterocycles. The summed E-state index contributed by atoms with van der Waals surface area (Å²) in [7, 11) is 1.75. The van der Waals surface area contributed by atoms with Crippen molar-refractivity contribution < 1.29 is 4.79 Å². The Morgan fingerprint density at radius 2 is 2.20 bits per heavy atom. The van der Waals surface area contributed by atoms with Gasteiger partial charge in [0.15, 0.2) is 0 Å².